The summed E-state index contributed by atoms with van der Waals surface area (Å²) in [6, 6.07) is 10.6. The second-order valence-corrected chi connectivity index (χ2v) is 5.28. The number of rotatable bonds is 4. The van der Waals surface area contributed by atoms with Crippen molar-refractivity contribution in [2.75, 3.05) is 6.54 Å². The van der Waals surface area contributed by atoms with E-state index in [9.17, 15) is 4.79 Å². The molecule has 19 heavy (non-hydrogen) atoms. The summed E-state index contributed by atoms with van der Waals surface area (Å²) in [7, 11) is 0. The van der Waals surface area contributed by atoms with E-state index < -0.39 is 0 Å². The molecule has 1 atom stereocenters. The first-order chi connectivity index (χ1) is 9.31. The zero-order chi connectivity index (χ0) is 13.5. The molecule has 1 fully saturated rings. The van der Waals surface area contributed by atoms with E-state index in [-0.39, 0.29) is 6.03 Å². The minimum atomic E-state index is 0.0991. The van der Waals surface area contributed by atoms with Crippen LogP contribution in [0.15, 0.2) is 30.3 Å². The molecular formula is C16H24N2O. The van der Waals surface area contributed by atoms with Gasteiger partial charge in [-0.3, -0.25) is 0 Å². The number of likely N-dealkylation sites (tertiary alicyclic amines) is 1. The van der Waals surface area contributed by atoms with Gasteiger partial charge in [-0.1, -0.05) is 43.7 Å². The van der Waals surface area contributed by atoms with Gasteiger partial charge in [0.2, 0.25) is 0 Å². The number of nitrogens with one attached hydrogen (secondary N) is 1. The number of carbonyl (C=O) groups is 1. The molecule has 1 aromatic carbocycles. The maximum Gasteiger partial charge on any atom is 0.317 e. The minimum absolute atomic E-state index is 0.0991. The highest BCUT2D eigenvalue weighted by Crippen LogP contribution is 2.20. The average Bonchev–Trinajstić information content (AvgIpc) is 2.47. The molecule has 1 N–H and O–H groups in total. The predicted octanol–water partition coefficient (Wildman–Crippen LogP) is 3.55. The summed E-state index contributed by atoms with van der Waals surface area (Å²) in [5, 5.41) is 3.04. The molecule has 104 valence electrons. The highest BCUT2D eigenvalue weighted by atomic mass is 16.2. The van der Waals surface area contributed by atoms with Gasteiger partial charge < -0.3 is 10.2 Å². The minimum Gasteiger partial charge on any atom is -0.334 e. The largest absolute Gasteiger partial charge is 0.334 e. The summed E-state index contributed by atoms with van der Waals surface area (Å²) >= 11 is 0. The molecule has 0 aromatic heterocycles. The van der Waals surface area contributed by atoms with Crippen LogP contribution in [0.25, 0.3) is 0 Å². The molecule has 0 aliphatic carbocycles. The Morgan fingerprint density at radius 1 is 1.32 bits per heavy atom. The van der Waals surface area contributed by atoms with Crippen LogP contribution in [0.4, 0.5) is 4.79 Å². The van der Waals surface area contributed by atoms with Gasteiger partial charge in [-0.05, 0) is 31.2 Å². The standard InChI is InChI=1S/C16H24N2O/c1-2-8-15-11-6-7-12-18(15)16(19)17-13-14-9-4-3-5-10-14/h3-5,9-10,15H,2,6-8,11-13H2,1H3,(H,17,19). The number of carbonyl (C=O) groups excluding carboxylic acids is 1. The molecule has 0 saturated carbocycles. The van der Waals surface area contributed by atoms with Crippen molar-refractivity contribution in [2.24, 2.45) is 0 Å². The Morgan fingerprint density at radius 2 is 2.11 bits per heavy atom. The molecule has 3 heteroatoms. The molecule has 1 heterocycles. The van der Waals surface area contributed by atoms with Gasteiger partial charge in [0, 0.05) is 19.1 Å². The van der Waals surface area contributed by atoms with Crippen molar-refractivity contribution < 1.29 is 4.79 Å². The second-order valence-electron chi connectivity index (χ2n) is 5.28. The van der Waals surface area contributed by atoms with E-state index in [0.717, 1.165) is 37.8 Å². The summed E-state index contributed by atoms with van der Waals surface area (Å²) < 4.78 is 0. The van der Waals surface area contributed by atoms with Crippen LogP contribution in [0.5, 0.6) is 0 Å². The molecule has 1 aromatic rings. The fourth-order valence-corrected chi connectivity index (χ4v) is 2.78. The number of urea groups is 1. The van der Waals surface area contributed by atoms with Crippen molar-refractivity contribution in [2.45, 2.75) is 51.6 Å². The van der Waals surface area contributed by atoms with Gasteiger partial charge in [-0.15, -0.1) is 0 Å². The van der Waals surface area contributed by atoms with Gasteiger partial charge in [0.05, 0.1) is 0 Å². The van der Waals surface area contributed by atoms with E-state index in [2.05, 4.69) is 12.2 Å². The highest BCUT2D eigenvalue weighted by Gasteiger charge is 2.25. The van der Waals surface area contributed by atoms with Crippen LogP contribution < -0.4 is 5.32 Å². The lowest BCUT2D eigenvalue weighted by Crippen LogP contribution is -2.48. The molecule has 1 unspecified atom stereocenters. The molecule has 2 rings (SSSR count). The van der Waals surface area contributed by atoms with Gasteiger partial charge >= 0.3 is 6.03 Å². The second kappa shape index (κ2) is 7.17. The quantitative estimate of drug-likeness (QED) is 0.882. The maximum absolute atomic E-state index is 12.3. The Bertz CT molecular complexity index is 389. The third-order valence-electron chi connectivity index (χ3n) is 3.80. The van der Waals surface area contributed by atoms with Gasteiger partial charge in [0.15, 0.2) is 0 Å². The number of hydrogen-bond acceptors (Lipinski definition) is 1. The van der Waals surface area contributed by atoms with Crippen molar-refractivity contribution >= 4 is 6.03 Å². The molecule has 0 radical (unpaired) electrons. The van der Waals surface area contributed by atoms with Crippen LogP contribution >= 0.6 is 0 Å². The number of amides is 2. The van der Waals surface area contributed by atoms with E-state index in [1.807, 2.05) is 35.2 Å². The lowest BCUT2D eigenvalue weighted by Gasteiger charge is -2.35. The molecular weight excluding hydrogens is 236 g/mol. The summed E-state index contributed by atoms with van der Waals surface area (Å²) in [4.78, 5) is 14.3. The van der Waals surface area contributed by atoms with E-state index in [4.69, 9.17) is 0 Å². The van der Waals surface area contributed by atoms with Crippen molar-refractivity contribution in [3.63, 3.8) is 0 Å². The zero-order valence-corrected chi connectivity index (χ0v) is 11.8. The molecule has 1 saturated heterocycles. The SMILES string of the molecule is CCCC1CCCCN1C(=O)NCc1ccccc1. The molecule has 1 aliphatic rings. The maximum atomic E-state index is 12.3. The Morgan fingerprint density at radius 3 is 2.84 bits per heavy atom. The smallest absolute Gasteiger partial charge is 0.317 e. The number of nitrogens with zero attached hydrogens (tertiary/aromatic N) is 1. The molecule has 0 bridgehead atoms. The number of benzene rings is 1. The Kier molecular flexibility index (Phi) is 5.25. The van der Waals surface area contributed by atoms with E-state index in [0.29, 0.717) is 12.6 Å². The van der Waals surface area contributed by atoms with Crippen molar-refractivity contribution in [1.29, 1.82) is 0 Å². The normalized spacial score (nSPS) is 19.2. The molecule has 3 nitrogen and oxygen atoms in total. The van der Waals surface area contributed by atoms with Gasteiger partial charge in [0.1, 0.15) is 0 Å². The molecule has 1 aliphatic heterocycles. The fourth-order valence-electron chi connectivity index (χ4n) is 2.78. The molecule has 0 spiro atoms. The van der Waals surface area contributed by atoms with Crippen LogP contribution in [-0.4, -0.2) is 23.5 Å². The van der Waals surface area contributed by atoms with E-state index >= 15 is 0 Å². The van der Waals surface area contributed by atoms with Crippen molar-refractivity contribution in [1.82, 2.24) is 10.2 Å². The van der Waals surface area contributed by atoms with Crippen LogP contribution in [-0.2, 0) is 6.54 Å². The third-order valence-corrected chi connectivity index (χ3v) is 3.80. The first-order valence-corrected chi connectivity index (χ1v) is 7.39. The Balaban J connectivity index is 1.87. The van der Waals surface area contributed by atoms with Crippen LogP contribution in [0.1, 0.15) is 44.6 Å². The Labute approximate surface area is 116 Å². The first kappa shape index (κ1) is 13.9. The van der Waals surface area contributed by atoms with Crippen LogP contribution in [0, 0.1) is 0 Å². The highest BCUT2D eigenvalue weighted by molar-refractivity contribution is 5.74. The Hall–Kier alpha value is -1.51. The van der Waals surface area contributed by atoms with Crippen molar-refractivity contribution in [3.8, 4) is 0 Å². The predicted molar refractivity (Wildman–Crippen MR) is 77.9 cm³/mol. The van der Waals surface area contributed by atoms with Gasteiger partial charge in [0.25, 0.3) is 0 Å². The summed E-state index contributed by atoms with van der Waals surface area (Å²) in [5.41, 5.74) is 1.15. The zero-order valence-electron chi connectivity index (χ0n) is 11.8. The van der Waals surface area contributed by atoms with Crippen LogP contribution in [0.2, 0.25) is 0 Å². The fraction of sp³-hybridized carbons (Fsp3) is 0.562. The third kappa shape index (κ3) is 3.98. The van der Waals surface area contributed by atoms with Crippen LogP contribution in [0.3, 0.4) is 0 Å². The average molecular weight is 260 g/mol. The van der Waals surface area contributed by atoms with Gasteiger partial charge in [-0.2, -0.15) is 0 Å². The molecule has 2 amide bonds. The summed E-state index contributed by atoms with van der Waals surface area (Å²) in [6.45, 7) is 3.72. The number of piperidine rings is 1. The van der Waals surface area contributed by atoms with Gasteiger partial charge in [-0.25, -0.2) is 4.79 Å². The lowest BCUT2D eigenvalue weighted by molar-refractivity contribution is 0.145. The summed E-state index contributed by atoms with van der Waals surface area (Å²) in [6.07, 6.45) is 5.82. The topological polar surface area (TPSA) is 32.3 Å². The monoisotopic (exact) mass is 260 g/mol. The van der Waals surface area contributed by atoms with E-state index in [1.165, 1.54) is 6.42 Å². The first-order valence-electron chi connectivity index (χ1n) is 7.39. The lowest BCUT2D eigenvalue weighted by atomic mass is 9.99. The van der Waals surface area contributed by atoms with Crippen molar-refractivity contribution in [3.05, 3.63) is 35.9 Å². The number of hydrogen-bond donors (Lipinski definition) is 1. The summed E-state index contributed by atoms with van der Waals surface area (Å²) in [5.74, 6) is 0. The van der Waals surface area contributed by atoms with E-state index in [1.54, 1.807) is 0 Å².